The fraction of sp³-hybridized carbons (Fsp3) is 0.462. The van der Waals surface area contributed by atoms with Crippen LogP contribution < -0.4 is 15.8 Å². The van der Waals surface area contributed by atoms with Gasteiger partial charge in [0, 0.05) is 12.5 Å². The summed E-state index contributed by atoms with van der Waals surface area (Å²) in [6.45, 7) is 1.25. The molecule has 0 aromatic heterocycles. The SMILES string of the molecule is NCCCC(CCOc1ccccc1)NC=O. The number of amides is 1. The van der Waals surface area contributed by atoms with Gasteiger partial charge >= 0.3 is 0 Å². The van der Waals surface area contributed by atoms with Crippen LogP contribution in [0.25, 0.3) is 0 Å². The number of hydrogen-bond acceptors (Lipinski definition) is 3. The van der Waals surface area contributed by atoms with E-state index in [4.69, 9.17) is 10.5 Å². The zero-order valence-electron chi connectivity index (χ0n) is 9.97. The van der Waals surface area contributed by atoms with Crippen molar-refractivity contribution in [2.24, 2.45) is 5.73 Å². The van der Waals surface area contributed by atoms with Crippen LogP contribution in [0.5, 0.6) is 5.75 Å². The quantitative estimate of drug-likeness (QED) is 0.635. The van der Waals surface area contributed by atoms with E-state index in [0.717, 1.165) is 31.4 Å². The Morgan fingerprint density at radius 2 is 2.06 bits per heavy atom. The number of para-hydroxylation sites is 1. The fourth-order valence-electron chi connectivity index (χ4n) is 1.61. The van der Waals surface area contributed by atoms with Crippen LogP contribution in [0, 0.1) is 0 Å². The van der Waals surface area contributed by atoms with E-state index < -0.39 is 0 Å². The molecule has 1 unspecified atom stereocenters. The molecule has 1 rings (SSSR count). The average molecular weight is 236 g/mol. The number of rotatable bonds is 9. The van der Waals surface area contributed by atoms with Crippen LogP contribution in [0.2, 0.25) is 0 Å². The van der Waals surface area contributed by atoms with Gasteiger partial charge in [-0.15, -0.1) is 0 Å². The van der Waals surface area contributed by atoms with Crippen molar-refractivity contribution in [3.8, 4) is 5.75 Å². The maximum atomic E-state index is 10.4. The minimum Gasteiger partial charge on any atom is -0.494 e. The summed E-state index contributed by atoms with van der Waals surface area (Å²) in [6.07, 6.45) is 3.35. The molecule has 17 heavy (non-hydrogen) atoms. The largest absolute Gasteiger partial charge is 0.494 e. The van der Waals surface area contributed by atoms with E-state index in [1.807, 2.05) is 30.3 Å². The van der Waals surface area contributed by atoms with Gasteiger partial charge in [0.05, 0.1) is 6.61 Å². The molecule has 1 atom stereocenters. The molecule has 0 fully saturated rings. The number of nitrogens with one attached hydrogen (secondary N) is 1. The third-order valence-corrected chi connectivity index (χ3v) is 2.54. The summed E-state index contributed by atoms with van der Waals surface area (Å²) in [7, 11) is 0. The van der Waals surface area contributed by atoms with E-state index >= 15 is 0 Å². The van der Waals surface area contributed by atoms with Gasteiger partial charge in [-0.25, -0.2) is 0 Å². The van der Waals surface area contributed by atoms with Crippen molar-refractivity contribution in [2.75, 3.05) is 13.2 Å². The Hall–Kier alpha value is -1.55. The molecule has 0 radical (unpaired) electrons. The number of carbonyl (C=O) groups excluding carboxylic acids is 1. The van der Waals surface area contributed by atoms with Gasteiger partial charge in [0.1, 0.15) is 5.75 Å². The predicted molar refractivity (Wildman–Crippen MR) is 67.8 cm³/mol. The molecule has 3 N–H and O–H groups in total. The molecule has 1 aromatic carbocycles. The molecule has 1 amide bonds. The van der Waals surface area contributed by atoms with E-state index in [2.05, 4.69) is 5.32 Å². The summed E-state index contributed by atoms with van der Waals surface area (Å²) < 4.78 is 5.58. The van der Waals surface area contributed by atoms with Gasteiger partial charge in [0.25, 0.3) is 0 Å². The first kappa shape index (κ1) is 13.5. The standard InChI is InChI=1S/C13H20N2O2/c14-9-4-5-12(15-11-16)8-10-17-13-6-2-1-3-7-13/h1-3,6-7,11-12H,4-5,8-10,14H2,(H,15,16). The maximum Gasteiger partial charge on any atom is 0.207 e. The maximum absolute atomic E-state index is 10.4. The molecule has 0 heterocycles. The van der Waals surface area contributed by atoms with Crippen LogP contribution in [0.4, 0.5) is 0 Å². The molecule has 1 aromatic rings. The number of hydrogen-bond donors (Lipinski definition) is 2. The number of carbonyl (C=O) groups is 1. The molecule has 0 aliphatic rings. The predicted octanol–water partition coefficient (Wildman–Crippen LogP) is 1.31. The first-order chi connectivity index (χ1) is 8.36. The molecule has 0 aliphatic carbocycles. The Labute approximate surface area is 102 Å². The normalized spacial score (nSPS) is 11.8. The van der Waals surface area contributed by atoms with Crippen LogP contribution in [-0.4, -0.2) is 25.6 Å². The minimum atomic E-state index is 0.153. The lowest BCUT2D eigenvalue weighted by molar-refractivity contribution is -0.110. The Balaban J connectivity index is 2.24. The summed E-state index contributed by atoms with van der Waals surface area (Å²) in [6, 6.07) is 9.81. The third kappa shape index (κ3) is 5.92. The van der Waals surface area contributed by atoms with E-state index in [1.54, 1.807) is 0 Å². The van der Waals surface area contributed by atoms with Gasteiger partial charge in [0.2, 0.25) is 6.41 Å². The van der Waals surface area contributed by atoms with Gasteiger partial charge in [-0.3, -0.25) is 4.79 Å². The van der Waals surface area contributed by atoms with Gasteiger partial charge in [0.15, 0.2) is 0 Å². The molecule has 4 nitrogen and oxygen atoms in total. The van der Waals surface area contributed by atoms with E-state index in [0.29, 0.717) is 13.2 Å². The van der Waals surface area contributed by atoms with Crippen molar-refractivity contribution < 1.29 is 9.53 Å². The minimum absolute atomic E-state index is 0.153. The molecule has 0 bridgehead atoms. The van der Waals surface area contributed by atoms with Crippen LogP contribution >= 0.6 is 0 Å². The topological polar surface area (TPSA) is 64.3 Å². The van der Waals surface area contributed by atoms with Gasteiger partial charge in [-0.2, -0.15) is 0 Å². The first-order valence-corrected chi connectivity index (χ1v) is 5.94. The highest BCUT2D eigenvalue weighted by molar-refractivity contribution is 5.46. The summed E-state index contributed by atoms with van der Waals surface area (Å²) >= 11 is 0. The second-order valence-electron chi connectivity index (χ2n) is 3.86. The Morgan fingerprint density at radius 3 is 2.71 bits per heavy atom. The van der Waals surface area contributed by atoms with Gasteiger partial charge < -0.3 is 15.8 Å². The lowest BCUT2D eigenvalue weighted by Crippen LogP contribution is -2.30. The zero-order valence-corrected chi connectivity index (χ0v) is 9.97. The summed E-state index contributed by atoms with van der Waals surface area (Å²) in [5, 5.41) is 2.79. The van der Waals surface area contributed by atoms with Gasteiger partial charge in [-0.1, -0.05) is 18.2 Å². The average Bonchev–Trinajstić information content (AvgIpc) is 2.37. The van der Waals surface area contributed by atoms with Crippen molar-refractivity contribution in [1.82, 2.24) is 5.32 Å². The lowest BCUT2D eigenvalue weighted by Gasteiger charge is -2.15. The molecule has 4 heteroatoms. The van der Waals surface area contributed by atoms with Crippen LogP contribution in [0.3, 0.4) is 0 Å². The van der Waals surface area contributed by atoms with Crippen molar-refractivity contribution in [2.45, 2.75) is 25.3 Å². The summed E-state index contributed by atoms with van der Waals surface area (Å²) in [5.74, 6) is 0.858. The Bertz CT molecular complexity index is 304. The summed E-state index contributed by atoms with van der Waals surface area (Å²) in [5.41, 5.74) is 5.45. The second-order valence-corrected chi connectivity index (χ2v) is 3.86. The Morgan fingerprint density at radius 1 is 1.29 bits per heavy atom. The van der Waals surface area contributed by atoms with E-state index in [-0.39, 0.29) is 6.04 Å². The van der Waals surface area contributed by atoms with Crippen LogP contribution in [-0.2, 0) is 4.79 Å². The zero-order chi connectivity index (χ0) is 12.3. The molecule has 94 valence electrons. The highest BCUT2D eigenvalue weighted by Crippen LogP contribution is 2.09. The molecular formula is C13H20N2O2. The number of ether oxygens (including phenoxy) is 1. The second kappa shape index (κ2) is 8.58. The third-order valence-electron chi connectivity index (χ3n) is 2.54. The van der Waals surface area contributed by atoms with E-state index in [9.17, 15) is 4.79 Å². The lowest BCUT2D eigenvalue weighted by atomic mass is 10.1. The monoisotopic (exact) mass is 236 g/mol. The molecule has 0 saturated carbocycles. The smallest absolute Gasteiger partial charge is 0.207 e. The number of nitrogens with two attached hydrogens (primary N) is 1. The molecule has 0 saturated heterocycles. The molecular weight excluding hydrogens is 216 g/mol. The van der Waals surface area contributed by atoms with Crippen molar-refractivity contribution in [1.29, 1.82) is 0 Å². The van der Waals surface area contributed by atoms with Gasteiger partial charge in [-0.05, 0) is 31.5 Å². The van der Waals surface area contributed by atoms with Crippen LogP contribution in [0.15, 0.2) is 30.3 Å². The molecule has 0 aliphatic heterocycles. The summed E-state index contributed by atoms with van der Waals surface area (Å²) in [4.78, 5) is 10.4. The fourth-order valence-corrected chi connectivity index (χ4v) is 1.61. The van der Waals surface area contributed by atoms with E-state index in [1.165, 1.54) is 0 Å². The first-order valence-electron chi connectivity index (χ1n) is 5.94. The van der Waals surface area contributed by atoms with Crippen LogP contribution in [0.1, 0.15) is 19.3 Å². The van der Waals surface area contributed by atoms with Crippen molar-refractivity contribution in [3.05, 3.63) is 30.3 Å². The highest BCUT2D eigenvalue weighted by atomic mass is 16.5. The highest BCUT2D eigenvalue weighted by Gasteiger charge is 2.06. The number of benzene rings is 1. The van der Waals surface area contributed by atoms with Crippen molar-refractivity contribution >= 4 is 6.41 Å². The molecule has 0 spiro atoms. The van der Waals surface area contributed by atoms with Crippen molar-refractivity contribution in [3.63, 3.8) is 0 Å². The Kier molecular flexibility index (Phi) is 6.82.